The van der Waals surface area contributed by atoms with Crippen molar-refractivity contribution in [3.63, 3.8) is 0 Å². The summed E-state index contributed by atoms with van der Waals surface area (Å²) in [6.45, 7) is 34.4. The van der Waals surface area contributed by atoms with Gasteiger partial charge in [0.25, 0.3) is 0 Å². The van der Waals surface area contributed by atoms with Gasteiger partial charge in [0.2, 0.25) is 0 Å². The summed E-state index contributed by atoms with van der Waals surface area (Å²) in [5.74, 6) is 0. The van der Waals surface area contributed by atoms with E-state index >= 15 is 0 Å². The van der Waals surface area contributed by atoms with Crippen molar-refractivity contribution in [3.05, 3.63) is 33.2 Å². The summed E-state index contributed by atoms with van der Waals surface area (Å²) >= 11 is 15.7. The molecule has 0 N–H and O–H groups in total. The van der Waals surface area contributed by atoms with Crippen LogP contribution in [0.25, 0.3) is 19.5 Å². The molecule has 41 heavy (non-hydrogen) atoms. The molecular weight excluding hydrogens is 789 g/mol. The van der Waals surface area contributed by atoms with Gasteiger partial charge < -0.3 is 0 Å². The second kappa shape index (κ2) is 11.6. The second-order valence-electron chi connectivity index (χ2n) is 15.9. The smallest absolute Gasteiger partial charge is 0.116 e. The average molecular weight is 835 g/mol. The number of hydrogen-bond donors (Lipinski definition) is 0. The zero-order valence-electron chi connectivity index (χ0n) is 27.2. The van der Waals surface area contributed by atoms with Gasteiger partial charge in [-0.1, -0.05) is 104 Å². The highest BCUT2D eigenvalue weighted by Gasteiger charge is 2.43. The lowest BCUT2D eigenvalue weighted by molar-refractivity contribution is 1.76. The van der Waals surface area contributed by atoms with Crippen molar-refractivity contribution in [3.8, 4) is 19.5 Å². The first-order valence-corrected chi connectivity index (χ1v) is 36.2. The Kier molecular flexibility index (Phi) is 9.80. The summed E-state index contributed by atoms with van der Waals surface area (Å²) in [5.41, 5.74) is 0. The van der Waals surface area contributed by atoms with Crippen LogP contribution in [0.3, 0.4) is 0 Å². The maximum Gasteiger partial charge on any atom is 0.116 e. The van der Waals surface area contributed by atoms with E-state index in [9.17, 15) is 0 Å². The molecule has 0 saturated heterocycles. The minimum absolute atomic E-state index is 1.19. The van der Waals surface area contributed by atoms with Crippen LogP contribution in [-0.2, 0) is 0 Å². The second-order valence-corrected chi connectivity index (χ2v) is 47.8. The van der Waals surface area contributed by atoms with Crippen molar-refractivity contribution in [1.82, 2.24) is 0 Å². The average Bonchev–Trinajstić information content (AvgIpc) is 3.56. The molecule has 4 aromatic rings. The summed E-state index contributed by atoms with van der Waals surface area (Å²) in [6, 6.07) is 9.87. The zero-order valence-corrected chi connectivity index (χ0v) is 38.6. The van der Waals surface area contributed by atoms with Gasteiger partial charge in [-0.15, -0.1) is 45.3 Å². The van der Waals surface area contributed by atoms with Crippen molar-refractivity contribution in [2.24, 2.45) is 0 Å². The van der Waals surface area contributed by atoms with Crippen molar-refractivity contribution in [2.45, 2.75) is 91.7 Å². The van der Waals surface area contributed by atoms with E-state index in [1.54, 1.807) is 38.1 Å². The van der Waals surface area contributed by atoms with Crippen molar-refractivity contribution in [2.75, 3.05) is 0 Å². The molecule has 5 heterocycles. The predicted octanol–water partition coefficient (Wildman–Crippen LogP) is 9.79. The van der Waals surface area contributed by atoms with Crippen LogP contribution in [0.4, 0.5) is 0 Å². The van der Waals surface area contributed by atoms with E-state index in [1.807, 2.05) is 22.7 Å². The first-order valence-electron chi connectivity index (χ1n) is 14.3. The monoisotopic (exact) mass is 832 g/mol. The quantitative estimate of drug-likeness (QED) is 0.176. The Bertz CT molecular complexity index is 1460. The molecule has 0 unspecified atom stereocenters. The Morgan fingerprint density at radius 2 is 0.683 bits per heavy atom. The minimum atomic E-state index is -1.43. The van der Waals surface area contributed by atoms with Crippen molar-refractivity contribution >= 4 is 146 Å². The van der Waals surface area contributed by atoms with Gasteiger partial charge in [-0.2, -0.15) is 0 Å². The molecule has 0 nitrogen and oxygen atoms in total. The van der Waals surface area contributed by atoms with E-state index in [-0.39, 0.29) is 0 Å². The third-order valence-corrected chi connectivity index (χ3v) is 32.4. The Hall–Kier alpha value is 0.844. The van der Waals surface area contributed by atoms with Crippen LogP contribution >= 0.6 is 77.2 Å². The molecule has 1 aliphatic rings. The van der Waals surface area contributed by atoms with Gasteiger partial charge in [0.15, 0.2) is 0 Å². The van der Waals surface area contributed by atoms with E-state index in [0.717, 1.165) is 0 Å². The van der Waals surface area contributed by atoms with Gasteiger partial charge in [0.05, 0.1) is 42.0 Å². The maximum absolute atomic E-state index is 3.77. The molecular formula is C30H46Br2S4Si5. The Balaban J connectivity index is 0.000000189. The van der Waals surface area contributed by atoms with Crippen LogP contribution < -0.4 is 28.4 Å². The van der Waals surface area contributed by atoms with Gasteiger partial charge in [-0.05, 0) is 72.4 Å². The summed E-state index contributed by atoms with van der Waals surface area (Å²) in [6.07, 6.45) is 0. The van der Waals surface area contributed by atoms with E-state index in [4.69, 9.17) is 0 Å². The largest absolute Gasteiger partial charge is 0.144 e. The molecule has 0 fully saturated rings. The normalized spacial score (nSPS) is 15.0. The molecule has 0 radical (unpaired) electrons. The highest BCUT2D eigenvalue weighted by Crippen LogP contribution is 2.41. The molecule has 224 valence electrons. The molecule has 0 amide bonds. The van der Waals surface area contributed by atoms with Crippen LogP contribution in [0.2, 0.25) is 91.7 Å². The highest BCUT2D eigenvalue weighted by molar-refractivity contribution is 9.11. The first-order chi connectivity index (χ1) is 18.4. The maximum atomic E-state index is 3.77. The lowest BCUT2D eigenvalue weighted by Gasteiger charge is -2.19. The van der Waals surface area contributed by atoms with Crippen LogP contribution in [0.1, 0.15) is 0 Å². The van der Waals surface area contributed by atoms with Gasteiger partial charge in [0.1, 0.15) is 8.07 Å². The molecule has 11 heteroatoms. The van der Waals surface area contributed by atoms with Crippen LogP contribution in [0.5, 0.6) is 0 Å². The molecule has 5 rings (SSSR count). The molecule has 0 saturated carbocycles. The minimum Gasteiger partial charge on any atom is -0.144 e. The molecule has 4 aromatic heterocycles. The van der Waals surface area contributed by atoms with Gasteiger partial charge in [0, 0.05) is 18.7 Å². The molecule has 0 spiro atoms. The highest BCUT2D eigenvalue weighted by atomic mass is 79.9. The summed E-state index contributed by atoms with van der Waals surface area (Å²) in [7, 11) is -6.28. The fraction of sp³-hybridized carbons (Fsp3) is 0.467. The van der Waals surface area contributed by atoms with Crippen molar-refractivity contribution in [1.29, 1.82) is 0 Å². The standard InChI is InChI=1S/C16H26S2Si3.C14H20Br2S2Si2/c1-19(2,3)13-9-11-15(17-13)16-12(21(11,7)8)10-14(18-16)20(4,5)6;1-19(2,3)11-7-9(15)13(17-11)14-10(16)8-12(18-14)20(4,5)6/h9-10H,1-8H3;7-8H,1-6H3. The zero-order chi connectivity index (χ0) is 31.1. The van der Waals surface area contributed by atoms with Gasteiger partial charge in [-0.25, -0.2) is 0 Å². The first kappa shape index (κ1) is 34.7. The molecule has 0 atom stereocenters. The van der Waals surface area contributed by atoms with E-state index < -0.39 is 40.4 Å². The van der Waals surface area contributed by atoms with Gasteiger partial charge in [-0.3, -0.25) is 0 Å². The Morgan fingerprint density at radius 3 is 0.927 bits per heavy atom. The lowest BCUT2D eigenvalue weighted by Crippen LogP contribution is -2.50. The number of fused-ring (bicyclic) bond motifs is 3. The fourth-order valence-electron chi connectivity index (χ4n) is 4.72. The summed E-state index contributed by atoms with van der Waals surface area (Å²) < 4.78 is 9.03. The van der Waals surface area contributed by atoms with E-state index in [2.05, 4.69) is 170 Å². The number of rotatable bonds is 5. The Labute approximate surface area is 287 Å². The van der Waals surface area contributed by atoms with Crippen LogP contribution in [0.15, 0.2) is 33.2 Å². The molecule has 0 bridgehead atoms. The summed E-state index contributed by atoms with van der Waals surface area (Å²) in [5, 5.41) is 3.46. The topological polar surface area (TPSA) is 0 Å². The molecule has 0 aliphatic carbocycles. The fourth-order valence-corrected chi connectivity index (χ4v) is 24.2. The molecule has 0 aromatic carbocycles. The lowest BCUT2D eigenvalue weighted by atomic mass is 10.4. The number of thiophene rings is 4. The predicted molar refractivity (Wildman–Crippen MR) is 219 cm³/mol. The third kappa shape index (κ3) is 7.15. The van der Waals surface area contributed by atoms with Gasteiger partial charge >= 0.3 is 0 Å². The number of halogens is 2. The number of hydrogen-bond acceptors (Lipinski definition) is 4. The molecule has 1 aliphatic heterocycles. The van der Waals surface area contributed by atoms with Crippen LogP contribution in [-0.4, -0.2) is 40.4 Å². The van der Waals surface area contributed by atoms with Crippen LogP contribution in [0, 0.1) is 0 Å². The third-order valence-electron chi connectivity index (χ3n) is 7.55. The van der Waals surface area contributed by atoms with E-state index in [1.165, 1.54) is 18.7 Å². The van der Waals surface area contributed by atoms with E-state index in [0.29, 0.717) is 0 Å². The summed E-state index contributed by atoms with van der Waals surface area (Å²) in [4.78, 5) is 6.08. The Morgan fingerprint density at radius 1 is 0.439 bits per heavy atom. The van der Waals surface area contributed by atoms with Crippen molar-refractivity contribution < 1.29 is 0 Å². The SMILES string of the molecule is C[Si](C)(C)c1cc(Br)c(-c2sc([Si](C)(C)C)cc2Br)s1.C[Si](C)(C)c1cc2c(s1)-c1sc([Si](C)(C)C)cc1[Si]2(C)C.